The van der Waals surface area contributed by atoms with Crippen molar-refractivity contribution in [2.45, 2.75) is 11.4 Å². The summed E-state index contributed by atoms with van der Waals surface area (Å²) in [6, 6.07) is 20.5. The van der Waals surface area contributed by atoms with Gasteiger partial charge in [-0.05, 0) is 40.6 Å². The Kier molecular flexibility index (Phi) is 5.01. The topological polar surface area (TPSA) is 78.5 Å². The van der Waals surface area contributed by atoms with Crippen LogP contribution in [0, 0.1) is 0 Å². The molecule has 3 aromatic carbocycles. The van der Waals surface area contributed by atoms with Crippen LogP contribution >= 0.6 is 12.6 Å². The Morgan fingerprint density at radius 1 is 1.00 bits per heavy atom. The van der Waals surface area contributed by atoms with Gasteiger partial charge in [0.25, 0.3) is 0 Å². The van der Waals surface area contributed by atoms with Crippen LogP contribution < -0.4 is 10.6 Å². The number of benzene rings is 3. The third-order valence-corrected chi connectivity index (χ3v) is 5.57. The number of aromatic nitrogens is 4. The van der Waals surface area contributed by atoms with E-state index in [4.69, 9.17) is 0 Å². The molecule has 7 heteroatoms. The summed E-state index contributed by atoms with van der Waals surface area (Å²) in [4.78, 5) is 9.85. The molecule has 152 valence electrons. The predicted octanol–water partition coefficient (Wildman–Crippen LogP) is 5.79. The van der Waals surface area contributed by atoms with Crippen LogP contribution in [0.25, 0.3) is 27.8 Å². The average Bonchev–Trinajstić information content (AvgIpc) is 3.27. The number of H-pyrrole nitrogens is 1. The highest BCUT2D eigenvalue weighted by Crippen LogP contribution is 2.28. The fourth-order valence-corrected chi connectivity index (χ4v) is 3.81. The molecule has 0 spiro atoms. The maximum absolute atomic E-state index is 4.66. The lowest BCUT2D eigenvalue weighted by molar-refractivity contribution is 1.03. The van der Waals surface area contributed by atoms with Gasteiger partial charge in [0.2, 0.25) is 5.95 Å². The van der Waals surface area contributed by atoms with E-state index in [0.29, 0.717) is 28.9 Å². The molecule has 0 aliphatic rings. The van der Waals surface area contributed by atoms with E-state index in [9.17, 15) is 0 Å². The third-order valence-electron chi connectivity index (χ3n) is 5.12. The molecule has 0 saturated carbocycles. The van der Waals surface area contributed by atoms with Crippen LogP contribution in [0.4, 0.5) is 17.5 Å². The van der Waals surface area contributed by atoms with Gasteiger partial charge in [-0.3, -0.25) is 5.10 Å². The average molecular weight is 425 g/mol. The molecule has 0 aliphatic carbocycles. The molecule has 0 unspecified atom stereocenters. The second-order valence-corrected chi connectivity index (χ2v) is 7.57. The fourth-order valence-electron chi connectivity index (χ4n) is 3.56. The van der Waals surface area contributed by atoms with Gasteiger partial charge in [0.05, 0.1) is 22.3 Å². The van der Waals surface area contributed by atoms with E-state index in [1.54, 1.807) is 12.3 Å². The standard InChI is InChI=1S/C24H20N6S/c1-2-20-22(31)23(27-18-10-11-21-17(12-18)14-26-30-21)29-24(28-20)25-13-16-8-5-7-15-6-3-4-9-19(15)16/h2-12,14,31H,1,13H2,(H,26,30)(H2,25,27,28,29). The molecule has 5 aromatic rings. The van der Waals surface area contributed by atoms with E-state index in [1.165, 1.54) is 16.3 Å². The van der Waals surface area contributed by atoms with Gasteiger partial charge in [0, 0.05) is 17.6 Å². The quantitative estimate of drug-likeness (QED) is 0.259. The largest absolute Gasteiger partial charge is 0.350 e. The van der Waals surface area contributed by atoms with Crippen molar-refractivity contribution in [2.75, 3.05) is 10.6 Å². The van der Waals surface area contributed by atoms with Crippen molar-refractivity contribution >= 4 is 57.8 Å². The Bertz CT molecular complexity index is 1400. The Morgan fingerprint density at radius 3 is 2.77 bits per heavy atom. The van der Waals surface area contributed by atoms with Crippen molar-refractivity contribution in [1.29, 1.82) is 0 Å². The smallest absolute Gasteiger partial charge is 0.225 e. The molecular weight excluding hydrogens is 404 g/mol. The molecule has 0 atom stereocenters. The number of rotatable bonds is 6. The number of aromatic amines is 1. The van der Waals surface area contributed by atoms with Crippen LogP contribution in [0.15, 0.2) is 78.3 Å². The molecule has 2 heterocycles. The lowest BCUT2D eigenvalue weighted by atomic mass is 10.0. The molecule has 3 N–H and O–H groups in total. The summed E-state index contributed by atoms with van der Waals surface area (Å²) in [5, 5.41) is 17.1. The molecule has 0 amide bonds. The minimum absolute atomic E-state index is 0.507. The van der Waals surface area contributed by atoms with Crippen LogP contribution in [0.1, 0.15) is 11.3 Å². The summed E-state index contributed by atoms with van der Waals surface area (Å²) in [5.41, 5.74) is 3.70. The van der Waals surface area contributed by atoms with E-state index in [2.05, 4.69) is 80.3 Å². The van der Waals surface area contributed by atoms with E-state index >= 15 is 0 Å². The summed E-state index contributed by atoms with van der Waals surface area (Å²) >= 11 is 4.61. The Morgan fingerprint density at radius 2 is 1.87 bits per heavy atom. The number of hydrogen-bond acceptors (Lipinski definition) is 6. The van der Waals surface area contributed by atoms with E-state index in [1.807, 2.05) is 30.3 Å². The van der Waals surface area contributed by atoms with Gasteiger partial charge in [0.1, 0.15) is 5.82 Å². The zero-order chi connectivity index (χ0) is 21.2. The second-order valence-electron chi connectivity index (χ2n) is 7.12. The molecule has 0 saturated heterocycles. The van der Waals surface area contributed by atoms with Crippen molar-refractivity contribution < 1.29 is 0 Å². The molecule has 5 rings (SSSR count). The molecule has 2 aromatic heterocycles. The second kappa shape index (κ2) is 8.12. The first-order valence-electron chi connectivity index (χ1n) is 9.85. The third kappa shape index (κ3) is 3.83. The van der Waals surface area contributed by atoms with Gasteiger partial charge >= 0.3 is 0 Å². The minimum Gasteiger partial charge on any atom is -0.350 e. The van der Waals surface area contributed by atoms with E-state index in [0.717, 1.165) is 16.6 Å². The molecule has 31 heavy (non-hydrogen) atoms. The Balaban J connectivity index is 1.44. The predicted molar refractivity (Wildman–Crippen MR) is 130 cm³/mol. The summed E-state index contributed by atoms with van der Waals surface area (Å²) in [7, 11) is 0. The fraction of sp³-hybridized carbons (Fsp3) is 0.0417. The van der Waals surface area contributed by atoms with Crippen LogP contribution in [-0.4, -0.2) is 20.2 Å². The number of fused-ring (bicyclic) bond motifs is 2. The van der Waals surface area contributed by atoms with Crippen LogP contribution in [0.2, 0.25) is 0 Å². The molecule has 0 fully saturated rings. The first-order chi connectivity index (χ1) is 15.2. The summed E-state index contributed by atoms with van der Waals surface area (Å²) in [6.45, 7) is 4.47. The normalized spacial score (nSPS) is 11.0. The van der Waals surface area contributed by atoms with Crippen molar-refractivity contribution in [3.8, 4) is 0 Å². The van der Waals surface area contributed by atoms with Gasteiger partial charge in [-0.15, -0.1) is 12.6 Å². The van der Waals surface area contributed by atoms with Crippen LogP contribution in [0.3, 0.4) is 0 Å². The highest BCUT2D eigenvalue weighted by molar-refractivity contribution is 7.80. The molecular formula is C24H20N6S. The molecule has 0 bridgehead atoms. The number of hydrogen-bond donors (Lipinski definition) is 4. The highest BCUT2D eigenvalue weighted by Gasteiger charge is 2.11. The van der Waals surface area contributed by atoms with Gasteiger partial charge < -0.3 is 10.6 Å². The summed E-state index contributed by atoms with van der Waals surface area (Å²) < 4.78 is 0. The van der Waals surface area contributed by atoms with Crippen LogP contribution in [-0.2, 0) is 6.54 Å². The monoisotopic (exact) mass is 424 g/mol. The first kappa shape index (κ1) is 19.1. The summed E-state index contributed by atoms with van der Waals surface area (Å²) in [6.07, 6.45) is 3.46. The Labute approximate surface area is 184 Å². The SMILES string of the molecule is C=Cc1nc(NCc2cccc3ccccc23)nc(Nc2ccc3[nH]ncc3c2)c1S. The van der Waals surface area contributed by atoms with Crippen molar-refractivity contribution in [3.05, 3.63) is 84.7 Å². The van der Waals surface area contributed by atoms with Crippen LogP contribution in [0.5, 0.6) is 0 Å². The minimum atomic E-state index is 0.507. The van der Waals surface area contributed by atoms with Gasteiger partial charge in [0.15, 0.2) is 0 Å². The van der Waals surface area contributed by atoms with Crippen molar-refractivity contribution in [2.24, 2.45) is 0 Å². The van der Waals surface area contributed by atoms with Crippen molar-refractivity contribution in [3.63, 3.8) is 0 Å². The number of anilines is 3. The highest BCUT2D eigenvalue weighted by atomic mass is 32.1. The summed E-state index contributed by atoms with van der Waals surface area (Å²) in [5.74, 6) is 1.11. The Hall–Kier alpha value is -3.84. The van der Waals surface area contributed by atoms with Gasteiger partial charge in [-0.25, -0.2) is 4.98 Å². The number of nitrogens with zero attached hydrogens (tertiary/aromatic N) is 3. The van der Waals surface area contributed by atoms with E-state index in [-0.39, 0.29) is 0 Å². The lowest BCUT2D eigenvalue weighted by Gasteiger charge is -2.14. The van der Waals surface area contributed by atoms with Crippen molar-refractivity contribution in [1.82, 2.24) is 20.2 Å². The molecule has 0 aliphatic heterocycles. The molecule has 0 radical (unpaired) electrons. The van der Waals surface area contributed by atoms with Gasteiger partial charge in [-0.1, -0.05) is 49.0 Å². The van der Waals surface area contributed by atoms with E-state index < -0.39 is 0 Å². The van der Waals surface area contributed by atoms with Gasteiger partial charge in [-0.2, -0.15) is 10.1 Å². The zero-order valence-corrected chi connectivity index (χ0v) is 17.5. The zero-order valence-electron chi connectivity index (χ0n) is 16.6. The first-order valence-corrected chi connectivity index (χ1v) is 10.3. The maximum atomic E-state index is 4.66. The number of nitrogens with one attached hydrogen (secondary N) is 3. The molecule has 6 nitrogen and oxygen atoms in total. The maximum Gasteiger partial charge on any atom is 0.225 e. The number of thiol groups is 1. The lowest BCUT2D eigenvalue weighted by Crippen LogP contribution is -2.08.